The van der Waals surface area contributed by atoms with Crippen LogP contribution in [0.3, 0.4) is 0 Å². The molecule has 3 aliphatic rings. The maximum Gasteiger partial charge on any atom is 0.227 e. The van der Waals surface area contributed by atoms with E-state index in [9.17, 15) is 4.79 Å². The van der Waals surface area contributed by atoms with Crippen molar-refractivity contribution in [1.29, 1.82) is 0 Å². The summed E-state index contributed by atoms with van der Waals surface area (Å²) < 4.78 is 7.60. The number of carbonyl (C=O) groups is 1. The summed E-state index contributed by atoms with van der Waals surface area (Å²) in [6.07, 6.45) is 7.82. The van der Waals surface area contributed by atoms with E-state index in [-0.39, 0.29) is 5.91 Å². The van der Waals surface area contributed by atoms with Crippen molar-refractivity contribution in [3.05, 3.63) is 12.4 Å². The molecule has 3 saturated heterocycles. The fourth-order valence-corrected chi connectivity index (χ4v) is 4.12. The van der Waals surface area contributed by atoms with Crippen molar-refractivity contribution in [3.63, 3.8) is 0 Å². The molecule has 0 aromatic carbocycles. The summed E-state index contributed by atoms with van der Waals surface area (Å²) in [5, 5.41) is 4.54. The second kappa shape index (κ2) is 7.85. The highest BCUT2D eigenvalue weighted by molar-refractivity contribution is 5.95. The summed E-state index contributed by atoms with van der Waals surface area (Å²) in [5.74, 6) is 0.231. The van der Waals surface area contributed by atoms with Gasteiger partial charge >= 0.3 is 0 Å². The zero-order valence-electron chi connectivity index (χ0n) is 15.0. The number of rotatable bonds is 5. The summed E-state index contributed by atoms with van der Waals surface area (Å²) in [5.41, 5.74) is 0.963. The normalized spacial score (nSPS) is 26.5. The molecule has 3 fully saturated rings. The molecule has 1 atom stereocenters. The van der Waals surface area contributed by atoms with Gasteiger partial charge < -0.3 is 9.64 Å². The Morgan fingerprint density at radius 3 is 2.88 bits per heavy atom. The van der Waals surface area contributed by atoms with Crippen LogP contribution >= 0.6 is 0 Å². The second-order valence-corrected chi connectivity index (χ2v) is 7.38. The standard InChI is InChI=1S/C18H29N5O2/c24-18-3-1-6-22(18)17-13-19-23(15-17)16-4-7-21(14-16)9-8-20-5-2-11-25-12-10-20/h13,15-16H,1-12,14H2. The maximum absolute atomic E-state index is 11.9. The van der Waals surface area contributed by atoms with Crippen molar-refractivity contribution in [2.45, 2.75) is 31.7 Å². The lowest BCUT2D eigenvalue weighted by molar-refractivity contribution is -0.117. The van der Waals surface area contributed by atoms with Crippen LogP contribution in [-0.4, -0.2) is 84.5 Å². The molecule has 0 N–H and O–H groups in total. The Kier molecular flexibility index (Phi) is 5.33. The number of hydrogen-bond acceptors (Lipinski definition) is 5. The monoisotopic (exact) mass is 347 g/mol. The maximum atomic E-state index is 11.9. The molecule has 7 heteroatoms. The highest BCUT2D eigenvalue weighted by atomic mass is 16.5. The Balaban J connectivity index is 1.27. The molecule has 4 heterocycles. The molecule has 1 amide bonds. The summed E-state index contributed by atoms with van der Waals surface area (Å²) >= 11 is 0. The van der Waals surface area contributed by atoms with Crippen LogP contribution < -0.4 is 4.90 Å². The smallest absolute Gasteiger partial charge is 0.227 e. The fraction of sp³-hybridized carbons (Fsp3) is 0.778. The van der Waals surface area contributed by atoms with Crippen LogP contribution in [0.15, 0.2) is 12.4 Å². The average Bonchev–Trinajstić information content (AvgIpc) is 3.31. The van der Waals surface area contributed by atoms with Crippen LogP contribution in [0.2, 0.25) is 0 Å². The van der Waals surface area contributed by atoms with Gasteiger partial charge in [-0.3, -0.25) is 19.3 Å². The van der Waals surface area contributed by atoms with E-state index < -0.39 is 0 Å². The van der Waals surface area contributed by atoms with Crippen molar-refractivity contribution in [1.82, 2.24) is 19.6 Å². The molecule has 0 spiro atoms. The van der Waals surface area contributed by atoms with Gasteiger partial charge in [-0.25, -0.2) is 0 Å². The zero-order valence-corrected chi connectivity index (χ0v) is 15.0. The van der Waals surface area contributed by atoms with E-state index in [0.29, 0.717) is 12.5 Å². The van der Waals surface area contributed by atoms with Crippen molar-refractivity contribution >= 4 is 11.6 Å². The van der Waals surface area contributed by atoms with Crippen molar-refractivity contribution in [2.75, 3.05) is 63.9 Å². The van der Waals surface area contributed by atoms with Crippen LogP contribution in [0.4, 0.5) is 5.69 Å². The van der Waals surface area contributed by atoms with Gasteiger partial charge in [-0.2, -0.15) is 5.10 Å². The lowest BCUT2D eigenvalue weighted by atomic mass is 10.3. The Labute approximate surface area is 149 Å². The van der Waals surface area contributed by atoms with E-state index in [2.05, 4.69) is 25.8 Å². The molecular formula is C18H29N5O2. The second-order valence-electron chi connectivity index (χ2n) is 7.38. The largest absolute Gasteiger partial charge is 0.380 e. The third-order valence-electron chi connectivity index (χ3n) is 5.64. The molecule has 25 heavy (non-hydrogen) atoms. The third kappa shape index (κ3) is 4.04. The first-order valence-electron chi connectivity index (χ1n) is 9.66. The first kappa shape index (κ1) is 17.0. The minimum absolute atomic E-state index is 0.231. The quantitative estimate of drug-likeness (QED) is 0.795. The van der Waals surface area contributed by atoms with E-state index in [4.69, 9.17) is 4.74 Å². The lowest BCUT2D eigenvalue weighted by Crippen LogP contribution is -2.35. The van der Waals surface area contributed by atoms with Gasteiger partial charge in [-0.15, -0.1) is 0 Å². The van der Waals surface area contributed by atoms with Crippen LogP contribution in [0.5, 0.6) is 0 Å². The number of amides is 1. The van der Waals surface area contributed by atoms with Gasteiger partial charge in [0, 0.05) is 65.0 Å². The SMILES string of the molecule is O=C1CCCN1c1cnn(C2CCN(CCN3CCCOCC3)C2)c1. The molecule has 0 aliphatic carbocycles. The van der Waals surface area contributed by atoms with Crippen LogP contribution in [0.1, 0.15) is 31.7 Å². The summed E-state index contributed by atoms with van der Waals surface area (Å²) in [7, 11) is 0. The Hall–Kier alpha value is -1.44. The number of anilines is 1. The zero-order chi connectivity index (χ0) is 17.1. The first-order chi connectivity index (χ1) is 12.3. The molecular weight excluding hydrogens is 318 g/mol. The Bertz CT molecular complexity index is 582. The van der Waals surface area contributed by atoms with Gasteiger partial charge in [0.2, 0.25) is 5.91 Å². The van der Waals surface area contributed by atoms with Crippen molar-refractivity contribution in [3.8, 4) is 0 Å². The van der Waals surface area contributed by atoms with E-state index in [1.165, 1.54) is 0 Å². The molecule has 1 aromatic rings. The summed E-state index contributed by atoms with van der Waals surface area (Å²) in [4.78, 5) is 18.8. The van der Waals surface area contributed by atoms with Gasteiger partial charge in [0.25, 0.3) is 0 Å². The molecule has 0 radical (unpaired) electrons. The molecule has 0 bridgehead atoms. The van der Waals surface area contributed by atoms with Gasteiger partial charge in [0.1, 0.15) is 0 Å². The van der Waals surface area contributed by atoms with Gasteiger partial charge in [-0.1, -0.05) is 0 Å². The molecule has 0 saturated carbocycles. The molecule has 7 nitrogen and oxygen atoms in total. The molecule has 1 unspecified atom stereocenters. The third-order valence-corrected chi connectivity index (χ3v) is 5.64. The topological polar surface area (TPSA) is 53.8 Å². The van der Waals surface area contributed by atoms with Gasteiger partial charge in [0.05, 0.1) is 24.5 Å². The molecule has 4 rings (SSSR count). The van der Waals surface area contributed by atoms with Crippen molar-refractivity contribution < 1.29 is 9.53 Å². The number of carbonyl (C=O) groups excluding carboxylic acids is 1. The number of hydrogen-bond donors (Lipinski definition) is 0. The predicted molar refractivity (Wildman–Crippen MR) is 95.8 cm³/mol. The van der Waals surface area contributed by atoms with E-state index >= 15 is 0 Å². The predicted octanol–water partition coefficient (Wildman–Crippen LogP) is 0.979. The number of ether oxygens (including phenoxy) is 1. The van der Waals surface area contributed by atoms with E-state index in [1.54, 1.807) is 0 Å². The van der Waals surface area contributed by atoms with Crippen LogP contribution in [-0.2, 0) is 9.53 Å². The number of aromatic nitrogens is 2. The Morgan fingerprint density at radius 2 is 2.00 bits per heavy atom. The number of likely N-dealkylation sites (tertiary alicyclic amines) is 1. The minimum atomic E-state index is 0.231. The summed E-state index contributed by atoms with van der Waals surface area (Å²) in [6, 6.07) is 0.430. The van der Waals surface area contributed by atoms with Crippen LogP contribution in [0.25, 0.3) is 0 Å². The number of nitrogens with zero attached hydrogens (tertiary/aromatic N) is 5. The highest BCUT2D eigenvalue weighted by Crippen LogP contribution is 2.25. The highest BCUT2D eigenvalue weighted by Gasteiger charge is 2.27. The lowest BCUT2D eigenvalue weighted by Gasteiger charge is -2.23. The molecule has 138 valence electrons. The van der Waals surface area contributed by atoms with Crippen LogP contribution in [0, 0.1) is 0 Å². The average molecular weight is 347 g/mol. The summed E-state index contributed by atoms with van der Waals surface area (Å²) in [6.45, 7) is 9.26. The molecule has 1 aromatic heterocycles. The first-order valence-corrected chi connectivity index (χ1v) is 9.66. The van der Waals surface area contributed by atoms with E-state index in [1.807, 2.05) is 11.1 Å². The molecule has 3 aliphatic heterocycles. The van der Waals surface area contributed by atoms with Crippen molar-refractivity contribution in [2.24, 2.45) is 0 Å². The Morgan fingerprint density at radius 1 is 1.08 bits per heavy atom. The fourth-order valence-electron chi connectivity index (χ4n) is 4.12. The minimum Gasteiger partial charge on any atom is -0.380 e. The van der Waals surface area contributed by atoms with Gasteiger partial charge in [-0.05, 0) is 19.3 Å². The van der Waals surface area contributed by atoms with Gasteiger partial charge in [0.15, 0.2) is 0 Å². The van der Waals surface area contributed by atoms with E-state index in [0.717, 1.165) is 84.0 Å².